The Hall–Kier alpha value is -5.90. The van der Waals surface area contributed by atoms with E-state index in [1.807, 2.05) is 12.3 Å². The Balaban J connectivity index is 0.00000625. The average Bonchev–Trinajstić information content (AvgIpc) is 3.92. The first-order valence-electron chi connectivity index (χ1n) is 23.7. The standard InChI is InChI=1S/C62H65N4O.Pt/c1-58(2,3)44-28-29-63-57(38-44)66-55-27-24-45(61(10,11)42-20-16-14-17-21-42)37-54(55)53-26-25-51(40-56(53)66)67-52-36-47(60(7,8)9)34-50(39-52)65-31-30-64(41-65)49-33-46(59(4,5)6)32-48(35-49)62(12,13)43-22-18-15-19-23-43;/h14-38,41H,1-13H3;/q-3;. The third-order valence-corrected chi connectivity index (χ3v) is 13.8. The van der Waals surface area contributed by atoms with Crippen LogP contribution in [-0.4, -0.2) is 9.55 Å². The zero-order valence-corrected chi connectivity index (χ0v) is 44.3. The van der Waals surface area contributed by atoms with E-state index < -0.39 is 0 Å². The molecule has 6 aromatic carbocycles. The van der Waals surface area contributed by atoms with Crippen LogP contribution < -0.4 is 14.5 Å². The van der Waals surface area contributed by atoms with Gasteiger partial charge in [0.05, 0.1) is 0 Å². The van der Waals surface area contributed by atoms with Crippen molar-refractivity contribution in [2.75, 3.05) is 9.80 Å². The van der Waals surface area contributed by atoms with Gasteiger partial charge in [0.1, 0.15) is 5.82 Å². The first-order valence-corrected chi connectivity index (χ1v) is 23.7. The van der Waals surface area contributed by atoms with Gasteiger partial charge in [-0.15, -0.1) is 53.6 Å². The largest absolute Gasteiger partial charge is 0.509 e. The number of nitrogens with zero attached hydrogens (tertiary/aromatic N) is 4. The van der Waals surface area contributed by atoms with Crippen LogP contribution in [-0.2, 0) is 48.1 Å². The Morgan fingerprint density at radius 1 is 0.471 bits per heavy atom. The molecule has 0 atom stereocenters. The fourth-order valence-electron chi connectivity index (χ4n) is 9.14. The van der Waals surface area contributed by atoms with Crippen molar-refractivity contribution in [3.63, 3.8) is 0 Å². The number of anilines is 2. The third-order valence-electron chi connectivity index (χ3n) is 13.8. The number of benzene rings is 6. The monoisotopic (exact) mass is 1080 g/mol. The van der Waals surface area contributed by atoms with E-state index in [1.165, 1.54) is 33.4 Å². The van der Waals surface area contributed by atoms with Crippen molar-refractivity contribution >= 4 is 33.2 Å². The van der Waals surface area contributed by atoms with Crippen molar-refractivity contribution in [3.05, 3.63) is 210 Å². The van der Waals surface area contributed by atoms with Gasteiger partial charge in [-0.25, -0.2) is 4.98 Å². The van der Waals surface area contributed by atoms with Crippen LogP contribution in [0.3, 0.4) is 0 Å². The third kappa shape index (κ3) is 9.44. The predicted molar refractivity (Wildman–Crippen MR) is 281 cm³/mol. The van der Waals surface area contributed by atoms with E-state index in [0.717, 1.165) is 44.6 Å². The molecule has 352 valence electrons. The van der Waals surface area contributed by atoms with Gasteiger partial charge < -0.3 is 19.1 Å². The molecule has 3 heterocycles. The van der Waals surface area contributed by atoms with E-state index in [4.69, 9.17) is 9.72 Å². The molecule has 0 fully saturated rings. The molecule has 6 heteroatoms. The molecule has 0 radical (unpaired) electrons. The summed E-state index contributed by atoms with van der Waals surface area (Å²) in [5.41, 5.74) is 12.1. The molecule has 9 rings (SSSR count). The number of pyridine rings is 1. The summed E-state index contributed by atoms with van der Waals surface area (Å²) < 4.78 is 9.10. The van der Waals surface area contributed by atoms with E-state index >= 15 is 0 Å². The molecule has 8 aromatic rings. The molecule has 0 saturated heterocycles. The molecule has 0 aliphatic carbocycles. The summed E-state index contributed by atoms with van der Waals surface area (Å²) in [7, 11) is 0. The zero-order valence-electron chi connectivity index (χ0n) is 42.0. The summed E-state index contributed by atoms with van der Waals surface area (Å²) in [6.45, 7) is 31.7. The van der Waals surface area contributed by atoms with Gasteiger partial charge in [0.25, 0.3) is 0 Å². The number of rotatable bonds is 9. The molecular weight excluding hydrogens is 1010 g/mol. The predicted octanol–water partition coefficient (Wildman–Crippen LogP) is 16.0. The first kappa shape index (κ1) is 48.6. The number of fused-ring (bicyclic) bond motifs is 3. The van der Waals surface area contributed by atoms with Crippen molar-refractivity contribution in [1.82, 2.24) is 9.55 Å². The maximum absolute atomic E-state index is 6.86. The average molecular weight is 1080 g/mol. The van der Waals surface area contributed by atoms with E-state index in [0.29, 0.717) is 11.5 Å². The Morgan fingerprint density at radius 3 is 1.69 bits per heavy atom. The quantitative estimate of drug-likeness (QED) is 0.135. The number of hydrogen-bond donors (Lipinski definition) is 0. The van der Waals surface area contributed by atoms with E-state index in [2.05, 4.69) is 263 Å². The van der Waals surface area contributed by atoms with Crippen LogP contribution in [0.2, 0.25) is 0 Å². The maximum Gasteiger partial charge on any atom is 0.135 e. The van der Waals surface area contributed by atoms with Crippen molar-refractivity contribution in [3.8, 4) is 17.3 Å². The summed E-state index contributed by atoms with van der Waals surface area (Å²) in [6.07, 6.45) is 6.16. The second-order valence-electron chi connectivity index (χ2n) is 22.5. The van der Waals surface area contributed by atoms with E-state index in [9.17, 15) is 0 Å². The minimum Gasteiger partial charge on any atom is -0.509 e. The summed E-state index contributed by atoms with van der Waals surface area (Å²) in [6, 6.07) is 55.7. The molecule has 68 heavy (non-hydrogen) atoms. The van der Waals surface area contributed by atoms with E-state index in [-0.39, 0.29) is 48.1 Å². The van der Waals surface area contributed by atoms with Crippen LogP contribution in [0.1, 0.15) is 129 Å². The Bertz CT molecular complexity index is 3140. The number of hydrogen-bond acceptors (Lipinski definition) is 4. The van der Waals surface area contributed by atoms with Gasteiger partial charge in [0, 0.05) is 60.8 Å². The summed E-state index contributed by atoms with van der Waals surface area (Å²) >= 11 is 0. The SMILES string of the molecule is CC(C)(C)c1cc(Oc2[c-]c3c(cc2)c2cc(C(C)(C)c4ccccc4)ccc2n3-c2cc(C(C)(C)C)ccn2)[c-]c(N2C=CN(c3cc(C(C)(C)C)cc(C(C)(C)c4ccccc4)c3)[CH-]2)c1.[Pt]. The Morgan fingerprint density at radius 2 is 1.06 bits per heavy atom. The van der Waals surface area contributed by atoms with Gasteiger partial charge >= 0.3 is 0 Å². The van der Waals surface area contributed by atoms with Crippen LogP contribution in [0.4, 0.5) is 11.4 Å². The van der Waals surface area contributed by atoms with Gasteiger partial charge in [-0.05, 0) is 97.7 Å². The first-order chi connectivity index (χ1) is 31.6. The molecule has 5 nitrogen and oxygen atoms in total. The van der Waals surface area contributed by atoms with Gasteiger partial charge in [0.2, 0.25) is 0 Å². The van der Waals surface area contributed by atoms with Crippen molar-refractivity contribution < 1.29 is 25.8 Å². The number of aromatic nitrogens is 2. The zero-order chi connectivity index (χ0) is 47.7. The van der Waals surface area contributed by atoms with Crippen LogP contribution in [0.25, 0.3) is 27.6 Å². The second-order valence-corrected chi connectivity index (χ2v) is 22.5. The van der Waals surface area contributed by atoms with Crippen molar-refractivity contribution in [2.24, 2.45) is 0 Å². The molecule has 2 aromatic heterocycles. The van der Waals surface area contributed by atoms with Crippen LogP contribution in [0.5, 0.6) is 11.5 Å². The molecule has 1 aliphatic rings. The van der Waals surface area contributed by atoms with Crippen molar-refractivity contribution in [1.29, 1.82) is 0 Å². The van der Waals surface area contributed by atoms with Gasteiger partial charge in [-0.2, -0.15) is 6.07 Å². The summed E-state index contributed by atoms with van der Waals surface area (Å²) in [4.78, 5) is 9.33. The van der Waals surface area contributed by atoms with Gasteiger partial charge in [-0.1, -0.05) is 174 Å². The molecule has 0 bridgehead atoms. The maximum atomic E-state index is 6.86. The smallest absolute Gasteiger partial charge is 0.135 e. The molecule has 0 unspecified atom stereocenters. The summed E-state index contributed by atoms with van der Waals surface area (Å²) in [5, 5.41) is 2.24. The van der Waals surface area contributed by atoms with Crippen LogP contribution in [0.15, 0.2) is 152 Å². The minimum absolute atomic E-state index is 0. The van der Waals surface area contributed by atoms with Gasteiger partial charge in [0.15, 0.2) is 0 Å². The second kappa shape index (κ2) is 17.9. The fourth-order valence-corrected chi connectivity index (χ4v) is 9.14. The van der Waals surface area contributed by atoms with Gasteiger partial charge in [-0.3, -0.25) is 0 Å². The molecule has 1 aliphatic heterocycles. The molecule has 0 spiro atoms. The number of ether oxygens (including phenoxy) is 1. The topological polar surface area (TPSA) is 33.5 Å². The molecule has 0 saturated carbocycles. The van der Waals surface area contributed by atoms with Crippen LogP contribution >= 0.6 is 0 Å². The Labute approximate surface area is 420 Å². The Kier molecular flexibility index (Phi) is 12.8. The summed E-state index contributed by atoms with van der Waals surface area (Å²) in [5.74, 6) is 2.09. The van der Waals surface area contributed by atoms with Crippen molar-refractivity contribution in [2.45, 2.75) is 117 Å². The molecule has 0 N–H and O–H groups in total. The fraction of sp³-hybridized carbons (Fsp3) is 0.290. The molecule has 0 amide bonds. The van der Waals surface area contributed by atoms with E-state index in [1.54, 1.807) is 0 Å². The van der Waals surface area contributed by atoms with Crippen LogP contribution in [0, 0.1) is 18.8 Å². The normalized spacial score (nSPS) is 13.7. The molecular formula is C62H65N4OPt-3. The minimum atomic E-state index is -0.204.